The summed E-state index contributed by atoms with van der Waals surface area (Å²) in [5.74, 6) is -6.83. The van der Waals surface area contributed by atoms with Crippen LogP contribution in [0.25, 0.3) is 0 Å². The molecule has 6 rings (SSSR count). The summed E-state index contributed by atoms with van der Waals surface area (Å²) in [5.41, 5.74) is -7.30. The molecule has 62 heavy (non-hydrogen) atoms. The maximum atomic E-state index is 15.5. The number of nitrogens with one attached hydrogen (secondary N) is 1. The summed E-state index contributed by atoms with van der Waals surface area (Å²) in [6, 6.07) is 14.7. The van der Waals surface area contributed by atoms with Gasteiger partial charge in [-0.25, -0.2) is 9.59 Å². The Kier molecular flexibility index (Phi) is 13.2. The number of aliphatic hydroxyl groups is 3. The van der Waals surface area contributed by atoms with Gasteiger partial charge in [0.05, 0.1) is 35.6 Å². The minimum atomic E-state index is -2.39. The summed E-state index contributed by atoms with van der Waals surface area (Å²) in [7, 11) is 0. The Balaban J connectivity index is 1.54. The second-order valence-electron chi connectivity index (χ2n) is 17.7. The molecule has 0 aromatic heterocycles. The average Bonchev–Trinajstić information content (AvgIpc) is 3.20. The highest BCUT2D eigenvalue weighted by Gasteiger charge is 2.78. The number of hydrogen-bond donors (Lipinski definition) is 4. The van der Waals surface area contributed by atoms with E-state index in [0.29, 0.717) is 5.56 Å². The number of alkyl halides is 2. The highest BCUT2D eigenvalue weighted by Crippen LogP contribution is 2.64. The van der Waals surface area contributed by atoms with E-state index < -0.39 is 122 Å². The molecule has 336 valence electrons. The van der Waals surface area contributed by atoms with Crippen LogP contribution < -0.4 is 5.32 Å². The number of amides is 1. The van der Waals surface area contributed by atoms with Crippen molar-refractivity contribution in [3.05, 3.63) is 82.9 Å². The van der Waals surface area contributed by atoms with E-state index in [1.165, 1.54) is 26.0 Å². The molecule has 1 saturated heterocycles. The Bertz CT molecular complexity index is 2140. The van der Waals surface area contributed by atoms with Gasteiger partial charge in [0.1, 0.15) is 28.2 Å². The number of ketones is 1. The lowest BCUT2D eigenvalue weighted by Gasteiger charge is -2.67. The summed E-state index contributed by atoms with van der Waals surface area (Å²) in [6.45, 7) is 11.3. The van der Waals surface area contributed by atoms with Crippen molar-refractivity contribution < 1.29 is 67.8 Å². The third-order valence-electron chi connectivity index (χ3n) is 13.6. The zero-order valence-electron chi connectivity index (χ0n) is 35.7. The SMILES string of the molecule is CC(=O)O[C@H]1C(=O)[C@]2(C)C(O)C[C@H]3OC[C@@]3(OC(C)=O)[C@H]2[C@H](OC(=O)c2ccccc2)[C@]2(O)C[C@H](OC(=O)[C@H](O)[C@@H](NC(=O)C(C)(Br)C(C)Br)c3ccccc3)C(C)=C1C2(C)C. The molecule has 13 atom stereocenters. The van der Waals surface area contributed by atoms with Gasteiger partial charge >= 0.3 is 23.9 Å². The van der Waals surface area contributed by atoms with E-state index in [1.807, 2.05) is 0 Å². The van der Waals surface area contributed by atoms with Crippen molar-refractivity contribution >= 4 is 67.4 Å². The Morgan fingerprint density at radius 2 is 1.55 bits per heavy atom. The predicted molar refractivity (Wildman–Crippen MR) is 228 cm³/mol. The number of halogens is 2. The van der Waals surface area contributed by atoms with Crippen molar-refractivity contribution in [1.29, 1.82) is 0 Å². The molecule has 1 amide bonds. The molecule has 0 spiro atoms. The van der Waals surface area contributed by atoms with Crippen molar-refractivity contribution in [3.63, 3.8) is 0 Å². The number of ether oxygens (including phenoxy) is 5. The first kappa shape index (κ1) is 47.5. The van der Waals surface area contributed by atoms with E-state index in [1.54, 1.807) is 76.2 Å². The van der Waals surface area contributed by atoms with Crippen molar-refractivity contribution in [3.8, 4) is 0 Å². The van der Waals surface area contributed by atoms with Gasteiger partial charge in [-0.15, -0.1) is 0 Å². The van der Waals surface area contributed by atoms with Gasteiger partial charge < -0.3 is 44.3 Å². The molecule has 4 N–H and O–H groups in total. The first-order valence-corrected chi connectivity index (χ1v) is 22.0. The number of carbonyl (C=O) groups excluding carboxylic acids is 6. The molecule has 2 bridgehead atoms. The van der Waals surface area contributed by atoms with Gasteiger partial charge in [-0.1, -0.05) is 101 Å². The zero-order valence-corrected chi connectivity index (χ0v) is 38.9. The third-order valence-corrected chi connectivity index (χ3v) is 16.2. The molecule has 3 fully saturated rings. The van der Waals surface area contributed by atoms with E-state index >= 15 is 4.79 Å². The fourth-order valence-electron chi connectivity index (χ4n) is 9.83. The average molecular weight is 992 g/mol. The van der Waals surface area contributed by atoms with Gasteiger partial charge in [-0.3, -0.25) is 19.2 Å². The molecule has 2 aromatic rings. The van der Waals surface area contributed by atoms with Gasteiger partial charge in [0.2, 0.25) is 5.91 Å². The molecular formula is C45H53Br2NO14. The highest BCUT2D eigenvalue weighted by molar-refractivity contribution is 9.12. The maximum Gasteiger partial charge on any atom is 0.338 e. The van der Waals surface area contributed by atoms with Crippen LogP contribution in [0.1, 0.15) is 90.2 Å². The highest BCUT2D eigenvalue weighted by atomic mass is 79.9. The van der Waals surface area contributed by atoms with Crippen LogP contribution in [0.2, 0.25) is 0 Å². The quantitative estimate of drug-likeness (QED) is 0.106. The number of fused-ring (bicyclic) bond motifs is 5. The van der Waals surface area contributed by atoms with Crippen LogP contribution in [0.15, 0.2) is 71.8 Å². The standard InChI is InChI=1S/C45H53Br2NO14/c1-22-28(60-39(55)33(52)32(26-15-11-9-12-16-26)48-40(56)43(8,47)23(2)46)20-45(57)37(61-38(54)27-17-13-10-14-18-27)35-42(7,29(51)19-30-44(35,21-58-30)62-25(4)50)36(53)34(59-24(3)49)31(22)41(45,5)6/h9-18,23,28-30,32-35,37,51-52,57H,19-21H2,1-8H3,(H,48,56)/t23?,28-,29?,30+,32-,33+,34+,35-,37-,42+,43?,44-,45+/m0/s1. The fraction of sp³-hybridized carbons (Fsp3) is 0.556. The Morgan fingerprint density at radius 1 is 0.952 bits per heavy atom. The third kappa shape index (κ3) is 7.84. The molecule has 2 aromatic carbocycles. The van der Waals surface area contributed by atoms with Gasteiger partial charge in [-0.2, -0.15) is 0 Å². The number of hydrogen-bond acceptors (Lipinski definition) is 14. The van der Waals surface area contributed by atoms with Gasteiger partial charge in [-0.05, 0) is 49.6 Å². The fourth-order valence-corrected chi connectivity index (χ4v) is 10.2. The van der Waals surface area contributed by atoms with Crippen LogP contribution in [0.5, 0.6) is 0 Å². The van der Waals surface area contributed by atoms with Crippen LogP contribution in [-0.2, 0) is 47.7 Å². The largest absolute Gasteiger partial charge is 0.456 e. The molecule has 3 unspecified atom stereocenters. The number of rotatable bonds is 11. The summed E-state index contributed by atoms with van der Waals surface area (Å²) >= 11 is 6.85. The van der Waals surface area contributed by atoms with E-state index in [9.17, 15) is 39.3 Å². The molecule has 4 aliphatic rings. The monoisotopic (exact) mass is 989 g/mol. The Hall–Kier alpha value is -4.00. The minimum absolute atomic E-state index is 0.00540. The topological polar surface area (TPSA) is 221 Å². The van der Waals surface area contributed by atoms with Gasteiger partial charge in [0.25, 0.3) is 0 Å². The normalized spacial score (nSPS) is 33.5. The molecule has 1 heterocycles. The lowest BCUT2D eigenvalue weighted by molar-refractivity contribution is -0.346. The number of benzene rings is 2. The van der Waals surface area contributed by atoms with E-state index in [4.69, 9.17) is 23.7 Å². The van der Waals surface area contributed by atoms with Gasteiger partial charge in [0.15, 0.2) is 23.6 Å². The number of Topliss-reactive ketones (excluding diaryl/α,β-unsaturated/α-hetero) is 1. The molecule has 17 heteroatoms. The van der Waals surface area contributed by atoms with Crippen LogP contribution in [0.4, 0.5) is 0 Å². The van der Waals surface area contributed by atoms with Crippen LogP contribution >= 0.6 is 31.9 Å². The molecule has 0 radical (unpaired) electrons. The number of aliphatic hydroxyl groups excluding tert-OH is 2. The number of carbonyl (C=O) groups is 6. The second-order valence-corrected chi connectivity index (χ2v) is 20.7. The summed E-state index contributed by atoms with van der Waals surface area (Å²) < 4.78 is 29.1. The van der Waals surface area contributed by atoms with Crippen LogP contribution in [-0.4, -0.2) is 114 Å². The maximum absolute atomic E-state index is 15.5. The Morgan fingerprint density at radius 3 is 2.08 bits per heavy atom. The summed E-state index contributed by atoms with van der Waals surface area (Å²) in [5, 5.41) is 40.3. The van der Waals surface area contributed by atoms with Crippen molar-refractivity contribution in [2.24, 2.45) is 16.7 Å². The molecule has 15 nitrogen and oxygen atoms in total. The molecule has 1 aliphatic heterocycles. The second kappa shape index (κ2) is 17.2. The lowest BCUT2D eigenvalue weighted by Crippen LogP contribution is -2.82. The van der Waals surface area contributed by atoms with Gasteiger partial charge in [0, 0.05) is 36.9 Å². The van der Waals surface area contributed by atoms with Crippen molar-refractivity contribution in [1.82, 2.24) is 5.32 Å². The lowest BCUT2D eigenvalue weighted by atomic mass is 9.44. The summed E-state index contributed by atoms with van der Waals surface area (Å²) in [4.78, 5) is 83.3. The predicted octanol–water partition coefficient (Wildman–Crippen LogP) is 4.36. The van der Waals surface area contributed by atoms with Crippen molar-refractivity contribution in [2.45, 2.75) is 131 Å². The van der Waals surface area contributed by atoms with E-state index in [2.05, 4.69) is 37.2 Å². The molecule has 2 saturated carbocycles. The first-order chi connectivity index (χ1) is 28.9. The van der Waals surface area contributed by atoms with Crippen LogP contribution in [0, 0.1) is 16.7 Å². The molecule has 3 aliphatic carbocycles. The minimum Gasteiger partial charge on any atom is -0.456 e. The van der Waals surface area contributed by atoms with E-state index in [0.717, 1.165) is 13.8 Å². The smallest absolute Gasteiger partial charge is 0.338 e. The number of esters is 4. The zero-order chi connectivity index (χ0) is 45.9. The summed E-state index contributed by atoms with van der Waals surface area (Å²) in [6.07, 6.45) is -10.5. The first-order valence-electron chi connectivity index (χ1n) is 20.3. The van der Waals surface area contributed by atoms with E-state index in [-0.39, 0.29) is 29.7 Å². The van der Waals surface area contributed by atoms with Crippen molar-refractivity contribution in [2.75, 3.05) is 6.61 Å². The van der Waals surface area contributed by atoms with Crippen LogP contribution in [0.3, 0.4) is 0 Å². The molecular weight excluding hydrogens is 938 g/mol. The Labute approximate surface area is 376 Å².